The predicted molar refractivity (Wildman–Crippen MR) is 118 cm³/mol. The smallest absolute Gasteiger partial charge is 0.232 e. The van der Waals surface area contributed by atoms with E-state index in [2.05, 4.69) is 5.32 Å². The van der Waals surface area contributed by atoms with Gasteiger partial charge in [0.2, 0.25) is 15.9 Å². The van der Waals surface area contributed by atoms with Crippen LogP contribution >= 0.6 is 0 Å². The average Bonchev–Trinajstić information content (AvgIpc) is 2.62. The van der Waals surface area contributed by atoms with E-state index in [9.17, 15) is 13.2 Å². The molecule has 2 rings (SSSR count). The molecular formula is C22H30N2O4S. The topological polar surface area (TPSA) is 75.7 Å². The molecule has 0 unspecified atom stereocenters. The van der Waals surface area contributed by atoms with Crippen LogP contribution < -0.4 is 14.4 Å². The fraction of sp³-hybridized carbons (Fsp3) is 0.409. The van der Waals surface area contributed by atoms with Crippen molar-refractivity contribution in [2.45, 2.75) is 46.6 Å². The standard InChI is InChI=1S/C22H30N2O4S/c1-16(2)28-21-13-7-6-11-19(21)23-22(25)14-9-15-24(29(5,26)27)20-12-8-10-17(3)18(20)4/h6-8,10-13,16H,9,14-15H2,1-5H3,(H,23,25). The highest BCUT2D eigenvalue weighted by atomic mass is 32.2. The lowest BCUT2D eigenvalue weighted by Crippen LogP contribution is -2.32. The molecular weight excluding hydrogens is 388 g/mol. The maximum absolute atomic E-state index is 12.4. The van der Waals surface area contributed by atoms with Crippen molar-refractivity contribution in [2.75, 3.05) is 22.4 Å². The second-order valence-electron chi connectivity index (χ2n) is 7.37. The molecule has 6 nitrogen and oxygen atoms in total. The van der Waals surface area contributed by atoms with Crippen LogP contribution in [0.1, 0.15) is 37.8 Å². The van der Waals surface area contributed by atoms with Gasteiger partial charge >= 0.3 is 0 Å². The molecule has 0 aliphatic carbocycles. The van der Waals surface area contributed by atoms with Crippen LogP contribution in [0.25, 0.3) is 0 Å². The lowest BCUT2D eigenvalue weighted by atomic mass is 10.1. The number of aryl methyl sites for hydroxylation is 1. The number of carbonyl (C=O) groups is 1. The Hall–Kier alpha value is -2.54. The van der Waals surface area contributed by atoms with Gasteiger partial charge in [0, 0.05) is 13.0 Å². The Morgan fingerprint density at radius 1 is 1.10 bits per heavy atom. The molecule has 0 heterocycles. The summed E-state index contributed by atoms with van der Waals surface area (Å²) in [6.45, 7) is 7.93. The molecule has 0 bridgehead atoms. The molecule has 1 amide bonds. The molecule has 158 valence electrons. The van der Waals surface area contributed by atoms with Crippen molar-refractivity contribution < 1.29 is 17.9 Å². The second kappa shape index (κ2) is 9.78. The van der Waals surface area contributed by atoms with Crippen molar-refractivity contribution in [3.8, 4) is 5.75 Å². The number of nitrogens with zero attached hydrogens (tertiary/aromatic N) is 1. The van der Waals surface area contributed by atoms with Gasteiger partial charge in [0.05, 0.1) is 23.7 Å². The van der Waals surface area contributed by atoms with Gasteiger partial charge in [0.15, 0.2) is 0 Å². The molecule has 1 N–H and O–H groups in total. The van der Waals surface area contributed by atoms with Crippen LogP contribution in [0.15, 0.2) is 42.5 Å². The van der Waals surface area contributed by atoms with E-state index >= 15 is 0 Å². The first-order valence-electron chi connectivity index (χ1n) is 9.69. The van der Waals surface area contributed by atoms with Gasteiger partial charge in [-0.15, -0.1) is 0 Å². The number of amides is 1. The Kier molecular flexibility index (Phi) is 7.67. The Bertz CT molecular complexity index is 955. The number of sulfonamides is 1. The summed E-state index contributed by atoms with van der Waals surface area (Å²) in [4.78, 5) is 12.4. The van der Waals surface area contributed by atoms with E-state index in [1.54, 1.807) is 12.1 Å². The van der Waals surface area contributed by atoms with Crippen LogP contribution in [0.4, 0.5) is 11.4 Å². The summed E-state index contributed by atoms with van der Waals surface area (Å²) in [5, 5.41) is 2.86. The van der Waals surface area contributed by atoms with Crippen molar-refractivity contribution in [3.05, 3.63) is 53.6 Å². The minimum Gasteiger partial charge on any atom is -0.489 e. The van der Waals surface area contributed by atoms with Gasteiger partial charge in [-0.3, -0.25) is 9.10 Å². The molecule has 0 saturated heterocycles. The Balaban J connectivity index is 2.03. The molecule has 0 spiro atoms. The lowest BCUT2D eigenvalue weighted by Gasteiger charge is -2.25. The molecule has 0 atom stereocenters. The van der Waals surface area contributed by atoms with E-state index in [1.807, 2.05) is 58.0 Å². The molecule has 0 aliphatic heterocycles. The zero-order valence-electron chi connectivity index (χ0n) is 17.7. The number of para-hydroxylation sites is 2. The molecule has 0 radical (unpaired) electrons. The maximum atomic E-state index is 12.4. The van der Waals surface area contributed by atoms with E-state index in [4.69, 9.17) is 4.74 Å². The minimum absolute atomic E-state index is 0.00561. The Labute approximate surface area is 173 Å². The van der Waals surface area contributed by atoms with Gasteiger partial charge in [-0.25, -0.2) is 8.42 Å². The van der Waals surface area contributed by atoms with Gasteiger partial charge in [-0.05, 0) is 63.4 Å². The summed E-state index contributed by atoms with van der Waals surface area (Å²) >= 11 is 0. The van der Waals surface area contributed by atoms with E-state index in [-0.39, 0.29) is 25.0 Å². The Morgan fingerprint density at radius 2 is 1.79 bits per heavy atom. The number of nitrogens with one attached hydrogen (secondary N) is 1. The number of anilines is 2. The summed E-state index contributed by atoms with van der Waals surface area (Å²) < 4.78 is 31.7. The van der Waals surface area contributed by atoms with Crippen LogP contribution in [-0.2, 0) is 14.8 Å². The molecule has 29 heavy (non-hydrogen) atoms. The third-order valence-corrected chi connectivity index (χ3v) is 5.71. The molecule has 0 aromatic heterocycles. The van der Waals surface area contributed by atoms with E-state index in [0.717, 1.165) is 11.1 Å². The third-order valence-electron chi connectivity index (χ3n) is 4.53. The zero-order valence-corrected chi connectivity index (χ0v) is 18.5. The van der Waals surface area contributed by atoms with E-state index in [1.165, 1.54) is 10.6 Å². The quantitative estimate of drug-likeness (QED) is 0.660. The maximum Gasteiger partial charge on any atom is 0.232 e. The highest BCUT2D eigenvalue weighted by molar-refractivity contribution is 7.92. The van der Waals surface area contributed by atoms with E-state index < -0.39 is 10.0 Å². The van der Waals surface area contributed by atoms with Crippen molar-refractivity contribution in [3.63, 3.8) is 0 Å². The fourth-order valence-electron chi connectivity index (χ4n) is 2.99. The average molecular weight is 419 g/mol. The fourth-order valence-corrected chi connectivity index (χ4v) is 4.01. The first kappa shape index (κ1) is 22.7. The van der Waals surface area contributed by atoms with Crippen LogP contribution in [-0.4, -0.2) is 33.2 Å². The predicted octanol–water partition coefficient (Wildman–Crippen LogP) is 4.28. The van der Waals surface area contributed by atoms with Crippen LogP contribution in [0, 0.1) is 13.8 Å². The van der Waals surface area contributed by atoms with Crippen molar-refractivity contribution >= 4 is 27.3 Å². The van der Waals surface area contributed by atoms with Crippen LogP contribution in [0.2, 0.25) is 0 Å². The van der Waals surface area contributed by atoms with Crippen molar-refractivity contribution in [1.29, 1.82) is 0 Å². The van der Waals surface area contributed by atoms with Crippen LogP contribution in [0.5, 0.6) is 5.75 Å². The molecule has 7 heteroatoms. The first-order chi connectivity index (χ1) is 13.6. The number of benzene rings is 2. The van der Waals surface area contributed by atoms with Crippen LogP contribution in [0.3, 0.4) is 0 Å². The molecule has 2 aromatic carbocycles. The largest absolute Gasteiger partial charge is 0.489 e. The van der Waals surface area contributed by atoms with Crippen molar-refractivity contribution in [2.24, 2.45) is 0 Å². The third kappa shape index (κ3) is 6.49. The number of rotatable bonds is 9. The Morgan fingerprint density at radius 3 is 2.45 bits per heavy atom. The first-order valence-corrected chi connectivity index (χ1v) is 11.5. The summed E-state index contributed by atoms with van der Waals surface area (Å²) in [6.07, 6.45) is 1.79. The number of hydrogen-bond donors (Lipinski definition) is 1. The molecule has 0 aliphatic rings. The monoisotopic (exact) mass is 418 g/mol. The molecule has 0 saturated carbocycles. The van der Waals surface area contributed by atoms with Gasteiger partial charge < -0.3 is 10.1 Å². The normalized spacial score (nSPS) is 11.4. The number of hydrogen-bond acceptors (Lipinski definition) is 4. The van der Waals surface area contributed by atoms with E-state index in [0.29, 0.717) is 23.5 Å². The lowest BCUT2D eigenvalue weighted by molar-refractivity contribution is -0.116. The number of ether oxygens (including phenoxy) is 1. The minimum atomic E-state index is -3.45. The van der Waals surface area contributed by atoms with Gasteiger partial charge in [-0.2, -0.15) is 0 Å². The SMILES string of the molecule is Cc1cccc(N(CCCC(=O)Nc2ccccc2OC(C)C)S(C)(=O)=O)c1C. The summed E-state index contributed by atoms with van der Waals surface area (Å²) in [5.41, 5.74) is 3.21. The van der Waals surface area contributed by atoms with Gasteiger partial charge in [-0.1, -0.05) is 24.3 Å². The van der Waals surface area contributed by atoms with Crippen molar-refractivity contribution in [1.82, 2.24) is 0 Å². The molecule has 0 fully saturated rings. The highest BCUT2D eigenvalue weighted by Gasteiger charge is 2.20. The second-order valence-corrected chi connectivity index (χ2v) is 9.28. The van der Waals surface area contributed by atoms with Gasteiger partial charge in [0.1, 0.15) is 5.75 Å². The number of carbonyl (C=O) groups excluding carboxylic acids is 1. The summed E-state index contributed by atoms with van der Waals surface area (Å²) in [7, 11) is -3.45. The summed E-state index contributed by atoms with van der Waals surface area (Å²) in [6, 6.07) is 12.9. The molecule has 2 aromatic rings. The summed E-state index contributed by atoms with van der Waals surface area (Å²) in [5.74, 6) is 0.434. The van der Waals surface area contributed by atoms with Gasteiger partial charge in [0.25, 0.3) is 0 Å². The highest BCUT2D eigenvalue weighted by Crippen LogP contribution is 2.26. The zero-order chi connectivity index (χ0) is 21.6.